The summed E-state index contributed by atoms with van der Waals surface area (Å²) in [5, 5.41) is 0.206. The maximum atomic E-state index is 13.2. The van der Waals surface area contributed by atoms with Crippen molar-refractivity contribution in [1.82, 2.24) is 9.29 Å². The topological polar surface area (TPSA) is 50.3 Å². The standard InChI is InChI=1S/C18H18ClF3N2O2S/c1-11-8-16(10-23-17(11)19)27(25,26)24(15-6-7-15)12(2)13-4-3-5-14(9-13)18(20,21)22/h3-5,8-10,12,15H,6-7H2,1-2H3. The molecule has 0 aliphatic heterocycles. The first-order chi connectivity index (χ1) is 12.5. The zero-order valence-electron chi connectivity index (χ0n) is 14.7. The summed E-state index contributed by atoms with van der Waals surface area (Å²) >= 11 is 5.88. The van der Waals surface area contributed by atoms with Gasteiger partial charge in [-0.05, 0) is 56.0 Å². The van der Waals surface area contributed by atoms with Gasteiger partial charge in [0.05, 0.1) is 5.56 Å². The number of sulfonamides is 1. The van der Waals surface area contributed by atoms with Crippen LogP contribution in [0.5, 0.6) is 0 Å². The predicted molar refractivity (Wildman–Crippen MR) is 95.9 cm³/mol. The summed E-state index contributed by atoms with van der Waals surface area (Å²) in [4.78, 5) is 3.88. The van der Waals surface area contributed by atoms with Crippen LogP contribution in [0.3, 0.4) is 0 Å². The number of hydrogen-bond acceptors (Lipinski definition) is 3. The summed E-state index contributed by atoms with van der Waals surface area (Å²) < 4.78 is 66.8. The Morgan fingerprint density at radius 1 is 1.26 bits per heavy atom. The summed E-state index contributed by atoms with van der Waals surface area (Å²) in [6.45, 7) is 3.24. The van der Waals surface area contributed by atoms with Gasteiger partial charge in [0.2, 0.25) is 10.0 Å². The van der Waals surface area contributed by atoms with Crippen molar-refractivity contribution in [3.63, 3.8) is 0 Å². The summed E-state index contributed by atoms with van der Waals surface area (Å²) in [7, 11) is -3.94. The Labute approximate surface area is 161 Å². The van der Waals surface area contributed by atoms with E-state index in [0.717, 1.165) is 12.1 Å². The van der Waals surface area contributed by atoms with Gasteiger partial charge in [0, 0.05) is 18.3 Å². The van der Waals surface area contributed by atoms with E-state index in [9.17, 15) is 21.6 Å². The highest BCUT2D eigenvalue weighted by atomic mass is 35.5. The van der Waals surface area contributed by atoms with Crippen LogP contribution < -0.4 is 0 Å². The molecule has 3 rings (SSSR count). The molecule has 1 saturated carbocycles. The molecule has 9 heteroatoms. The second-order valence-electron chi connectivity index (χ2n) is 6.64. The van der Waals surface area contributed by atoms with Gasteiger partial charge in [-0.3, -0.25) is 0 Å². The van der Waals surface area contributed by atoms with Gasteiger partial charge in [0.1, 0.15) is 10.0 Å². The minimum Gasteiger partial charge on any atom is -0.243 e. The van der Waals surface area contributed by atoms with Gasteiger partial charge in [-0.15, -0.1) is 0 Å². The SMILES string of the molecule is Cc1cc(S(=O)(=O)N(C2CC2)C(C)c2cccc(C(F)(F)F)c2)cnc1Cl. The smallest absolute Gasteiger partial charge is 0.243 e. The van der Waals surface area contributed by atoms with Crippen molar-refractivity contribution >= 4 is 21.6 Å². The van der Waals surface area contributed by atoms with Gasteiger partial charge < -0.3 is 0 Å². The number of aryl methyl sites for hydroxylation is 1. The number of halogens is 4. The lowest BCUT2D eigenvalue weighted by Gasteiger charge is -2.29. The fourth-order valence-corrected chi connectivity index (χ4v) is 4.97. The van der Waals surface area contributed by atoms with E-state index in [1.807, 2.05) is 0 Å². The third-order valence-corrected chi connectivity index (χ3v) is 6.93. The van der Waals surface area contributed by atoms with Gasteiger partial charge in [-0.1, -0.05) is 23.7 Å². The summed E-state index contributed by atoms with van der Waals surface area (Å²) in [6, 6.07) is 5.21. The molecule has 1 unspecified atom stereocenters. The van der Waals surface area contributed by atoms with Crippen molar-refractivity contribution in [2.75, 3.05) is 0 Å². The van der Waals surface area contributed by atoms with Crippen molar-refractivity contribution in [3.8, 4) is 0 Å². The number of benzene rings is 1. The molecule has 4 nitrogen and oxygen atoms in total. The molecule has 0 bridgehead atoms. The lowest BCUT2D eigenvalue weighted by Crippen LogP contribution is -2.35. The molecule has 1 aromatic carbocycles. The van der Waals surface area contributed by atoms with Crippen molar-refractivity contribution in [3.05, 3.63) is 58.4 Å². The Kier molecular flexibility index (Phi) is 5.26. The Morgan fingerprint density at radius 2 is 1.93 bits per heavy atom. The second kappa shape index (κ2) is 7.07. The highest BCUT2D eigenvalue weighted by Crippen LogP contribution is 2.40. The van der Waals surface area contributed by atoms with Gasteiger partial charge in [-0.25, -0.2) is 13.4 Å². The molecule has 0 saturated heterocycles. The van der Waals surface area contributed by atoms with Crippen LogP contribution in [-0.4, -0.2) is 23.7 Å². The second-order valence-corrected chi connectivity index (χ2v) is 8.85. The zero-order chi connectivity index (χ0) is 20.0. The molecule has 0 radical (unpaired) electrons. The van der Waals surface area contributed by atoms with Gasteiger partial charge in [0.15, 0.2) is 0 Å². The molecule has 0 spiro atoms. The van der Waals surface area contributed by atoms with Crippen LogP contribution in [0.25, 0.3) is 0 Å². The largest absolute Gasteiger partial charge is 0.416 e. The van der Waals surface area contributed by atoms with E-state index in [1.165, 1.54) is 28.7 Å². The van der Waals surface area contributed by atoms with Gasteiger partial charge in [0.25, 0.3) is 0 Å². The normalized spacial score (nSPS) is 16.6. The Morgan fingerprint density at radius 3 is 2.48 bits per heavy atom. The molecule has 27 heavy (non-hydrogen) atoms. The van der Waals surface area contributed by atoms with Crippen molar-refractivity contribution < 1.29 is 21.6 Å². The Hall–Kier alpha value is -1.64. The number of rotatable bonds is 5. The van der Waals surface area contributed by atoms with E-state index in [1.54, 1.807) is 13.8 Å². The molecular weight excluding hydrogens is 401 g/mol. The van der Waals surface area contributed by atoms with Crippen LogP contribution in [0.1, 0.15) is 42.5 Å². The van der Waals surface area contributed by atoms with Crippen molar-refractivity contribution in [2.45, 2.75) is 49.8 Å². The Balaban J connectivity index is 2.02. The highest BCUT2D eigenvalue weighted by molar-refractivity contribution is 7.89. The molecule has 1 aromatic heterocycles. The Bertz CT molecular complexity index is 959. The van der Waals surface area contributed by atoms with Crippen LogP contribution in [0.4, 0.5) is 13.2 Å². The van der Waals surface area contributed by atoms with E-state index in [0.29, 0.717) is 24.0 Å². The average Bonchev–Trinajstić information content (AvgIpc) is 3.41. The maximum Gasteiger partial charge on any atom is 0.416 e. The maximum absolute atomic E-state index is 13.2. The number of pyridine rings is 1. The fourth-order valence-electron chi connectivity index (χ4n) is 2.97. The van der Waals surface area contributed by atoms with E-state index in [4.69, 9.17) is 11.6 Å². The first kappa shape index (κ1) is 20.1. The molecule has 1 aliphatic carbocycles. The van der Waals surface area contributed by atoms with E-state index in [2.05, 4.69) is 4.98 Å². The van der Waals surface area contributed by atoms with Crippen LogP contribution >= 0.6 is 11.6 Å². The van der Waals surface area contributed by atoms with Crippen LogP contribution in [-0.2, 0) is 16.2 Å². The molecule has 0 amide bonds. The fraction of sp³-hybridized carbons (Fsp3) is 0.389. The lowest BCUT2D eigenvalue weighted by molar-refractivity contribution is -0.137. The molecular formula is C18H18ClF3N2O2S. The van der Waals surface area contributed by atoms with Crippen LogP contribution in [0.2, 0.25) is 5.15 Å². The average molecular weight is 419 g/mol. The first-order valence-corrected chi connectivity index (χ1v) is 10.2. The summed E-state index contributed by atoms with van der Waals surface area (Å²) in [5.41, 5.74) is 0.00292. The van der Waals surface area contributed by atoms with Crippen molar-refractivity contribution in [2.24, 2.45) is 0 Å². The zero-order valence-corrected chi connectivity index (χ0v) is 16.2. The van der Waals surface area contributed by atoms with Crippen molar-refractivity contribution in [1.29, 1.82) is 0 Å². The molecule has 2 aromatic rings. The lowest BCUT2D eigenvalue weighted by atomic mass is 10.0. The summed E-state index contributed by atoms with van der Waals surface area (Å²) in [6.07, 6.45) is -1.97. The van der Waals surface area contributed by atoms with E-state index in [-0.39, 0.29) is 16.1 Å². The third kappa shape index (κ3) is 4.12. The molecule has 1 aliphatic rings. The minimum atomic E-state index is -4.49. The third-order valence-electron chi connectivity index (χ3n) is 4.55. The number of alkyl halides is 3. The van der Waals surface area contributed by atoms with Crippen LogP contribution in [0.15, 0.2) is 41.4 Å². The van der Waals surface area contributed by atoms with Gasteiger partial charge >= 0.3 is 6.18 Å². The van der Waals surface area contributed by atoms with E-state index < -0.39 is 27.8 Å². The number of nitrogens with zero attached hydrogens (tertiary/aromatic N) is 2. The monoisotopic (exact) mass is 418 g/mol. The molecule has 0 N–H and O–H groups in total. The summed E-state index contributed by atoms with van der Waals surface area (Å²) in [5.74, 6) is 0. The van der Waals surface area contributed by atoms with Gasteiger partial charge in [-0.2, -0.15) is 17.5 Å². The molecule has 1 heterocycles. The number of aromatic nitrogens is 1. The predicted octanol–water partition coefficient (Wildman–Crippen LogP) is 4.98. The molecule has 146 valence electrons. The quantitative estimate of drug-likeness (QED) is 0.644. The molecule has 1 atom stereocenters. The highest BCUT2D eigenvalue weighted by Gasteiger charge is 2.42. The van der Waals surface area contributed by atoms with Crippen LogP contribution in [0, 0.1) is 6.92 Å². The minimum absolute atomic E-state index is 0.0184. The first-order valence-electron chi connectivity index (χ1n) is 8.34. The number of hydrogen-bond donors (Lipinski definition) is 0. The molecule has 1 fully saturated rings. The van der Waals surface area contributed by atoms with E-state index >= 15 is 0 Å².